The Kier molecular flexibility index (Phi) is 3.21. The molecule has 0 aromatic heterocycles. The minimum absolute atomic E-state index is 0.0684. The van der Waals surface area contributed by atoms with E-state index in [9.17, 15) is 4.79 Å². The first-order chi connectivity index (χ1) is 9.79. The number of nitrogens with one attached hydrogen (secondary N) is 1. The largest absolute Gasteiger partial charge is 0.325 e. The molecule has 1 amide bonds. The number of hydrogen-bond donors (Lipinski definition) is 1. The van der Waals surface area contributed by atoms with Gasteiger partial charge in [0.2, 0.25) is 5.91 Å². The molecule has 2 bridgehead atoms. The van der Waals surface area contributed by atoms with E-state index in [2.05, 4.69) is 25.7 Å². The van der Waals surface area contributed by atoms with Gasteiger partial charge in [0.25, 0.3) is 0 Å². The van der Waals surface area contributed by atoms with E-state index < -0.39 is 0 Å². The zero-order valence-corrected chi connectivity index (χ0v) is 13.7. The molecule has 3 rings (SSSR count). The van der Waals surface area contributed by atoms with Crippen LogP contribution in [0.15, 0.2) is 30.4 Å². The van der Waals surface area contributed by atoms with Crippen LogP contribution in [0.4, 0.5) is 5.69 Å². The van der Waals surface area contributed by atoms with Crippen molar-refractivity contribution in [2.24, 2.45) is 16.7 Å². The third-order valence-corrected chi connectivity index (χ3v) is 6.25. The molecule has 2 fully saturated rings. The third kappa shape index (κ3) is 1.96. The molecule has 0 heterocycles. The molecule has 1 N–H and O–H groups in total. The van der Waals surface area contributed by atoms with Crippen LogP contribution >= 0.6 is 11.6 Å². The van der Waals surface area contributed by atoms with Gasteiger partial charge < -0.3 is 5.32 Å². The second-order valence-electron chi connectivity index (χ2n) is 7.09. The van der Waals surface area contributed by atoms with Gasteiger partial charge >= 0.3 is 0 Å². The van der Waals surface area contributed by atoms with Gasteiger partial charge in [-0.25, -0.2) is 0 Å². The number of halogens is 1. The summed E-state index contributed by atoms with van der Waals surface area (Å²) >= 11 is 6.14. The van der Waals surface area contributed by atoms with Gasteiger partial charge in [-0.15, -0.1) is 0 Å². The quantitative estimate of drug-likeness (QED) is 0.768. The van der Waals surface area contributed by atoms with Crippen LogP contribution in [0.1, 0.15) is 38.7 Å². The smallest absolute Gasteiger partial charge is 0.234 e. The zero-order valence-electron chi connectivity index (χ0n) is 12.9. The van der Waals surface area contributed by atoms with Gasteiger partial charge in [0.15, 0.2) is 0 Å². The Morgan fingerprint density at radius 3 is 2.76 bits per heavy atom. The van der Waals surface area contributed by atoms with E-state index in [4.69, 9.17) is 11.6 Å². The molecule has 2 nitrogen and oxygen atoms in total. The number of amides is 1. The first-order valence-electron chi connectivity index (χ1n) is 7.55. The Hall–Kier alpha value is -1.28. The topological polar surface area (TPSA) is 29.1 Å². The number of hydrogen-bond acceptors (Lipinski definition) is 1. The fourth-order valence-corrected chi connectivity index (χ4v) is 4.30. The number of carbonyl (C=O) groups is 1. The molecule has 2 saturated carbocycles. The van der Waals surface area contributed by atoms with Gasteiger partial charge in [0.1, 0.15) is 0 Å². The van der Waals surface area contributed by atoms with Crippen molar-refractivity contribution in [3.8, 4) is 0 Å². The summed E-state index contributed by atoms with van der Waals surface area (Å²) in [6.07, 6.45) is 2.98. The van der Waals surface area contributed by atoms with Crippen molar-refractivity contribution in [3.05, 3.63) is 40.9 Å². The van der Waals surface area contributed by atoms with E-state index >= 15 is 0 Å². The maximum atomic E-state index is 12.9. The van der Waals surface area contributed by atoms with Crippen molar-refractivity contribution < 1.29 is 4.79 Å². The summed E-state index contributed by atoms with van der Waals surface area (Å²) in [4.78, 5) is 12.9. The normalized spacial score (nSPS) is 29.7. The number of fused-ring (bicyclic) bond motifs is 2. The summed E-state index contributed by atoms with van der Waals surface area (Å²) in [5, 5.41) is 3.78. The van der Waals surface area contributed by atoms with Crippen molar-refractivity contribution >= 4 is 23.2 Å². The minimum atomic E-state index is -0.386. The second kappa shape index (κ2) is 4.61. The lowest BCUT2D eigenvalue weighted by Gasteiger charge is -2.37. The van der Waals surface area contributed by atoms with Crippen LogP contribution in [-0.2, 0) is 4.79 Å². The minimum Gasteiger partial charge on any atom is -0.325 e. The molecular formula is C18H22ClNO. The van der Waals surface area contributed by atoms with E-state index in [-0.39, 0.29) is 16.7 Å². The van der Waals surface area contributed by atoms with E-state index in [1.165, 1.54) is 0 Å². The highest BCUT2D eigenvalue weighted by Gasteiger charge is 2.60. The van der Waals surface area contributed by atoms with Crippen LogP contribution in [0.25, 0.3) is 0 Å². The fourth-order valence-electron chi connectivity index (χ4n) is 4.13. The molecule has 0 saturated heterocycles. The number of rotatable bonds is 2. The highest BCUT2D eigenvalue weighted by atomic mass is 35.5. The third-order valence-electron chi connectivity index (χ3n) is 5.84. The lowest BCUT2D eigenvalue weighted by Crippen LogP contribution is -2.37. The van der Waals surface area contributed by atoms with Crippen molar-refractivity contribution in [1.29, 1.82) is 0 Å². The Labute approximate surface area is 131 Å². The van der Waals surface area contributed by atoms with Crippen LogP contribution in [-0.4, -0.2) is 5.91 Å². The van der Waals surface area contributed by atoms with E-state index in [1.807, 2.05) is 25.1 Å². The zero-order chi connectivity index (χ0) is 15.4. The van der Waals surface area contributed by atoms with Crippen molar-refractivity contribution in [1.82, 2.24) is 0 Å². The van der Waals surface area contributed by atoms with Crippen molar-refractivity contribution in [2.45, 2.75) is 40.0 Å². The van der Waals surface area contributed by atoms with Crippen LogP contribution in [0, 0.1) is 23.7 Å². The molecule has 1 aromatic rings. The summed E-state index contributed by atoms with van der Waals surface area (Å²) in [5.74, 6) is 0.669. The van der Waals surface area contributed by atoms with Crippen LogP contribution < -0.4 is 5.32 Å². The van der Waals surface area contributed by atoms with Crippen molar-refractivity contribution in [3.63, 3.8) is 0 Å². The monoisotopic (exact) mass is 303 g/mol. The highest BCUT2D eigenvalue weighted by Crippen LogP contribution is 2.65. The molecule has 3 heteroatoms. The first kappa shape index (κ1) is 14.6. The lowest BCUT2D eigenvalue weighted by atomic mass is 9.68. The summed E-state index contributed by atoms with van der Waals surface area (Å²) in [6.45, 7) is 10.7. The van der Waals surface area contributed by atoms with Gasteiger partial charge in [-0.2, -0.15) is 0 Å². The highest BCUT2D eigenvalue weighted by molar-refractivity contribution is 6.31. The predicted molar refractivity (Wildman–Crippen MR) is 87.5 cm³/mol. The predicted octanol–water partition coefficient (Wildman–Crippen LogP) is 4.97. The Balaban J connectivity index is 1.90. The number of anilines is 1. The molecule has 0 spiro atoms. The Bertz CT molecular complexity index is 634. The molecule has 2 atom stereocenters. The van der Waals surface area contributed by atoms with E-state index in [1.54, 1.807) is 0 Å². The first-order valence-corrected chi connectivity index (χ1v) is 7.93. The van der Waals surface area contributed by atoms with Crippen LogP contribution in [0.3, 0.4) is 0 Å². The van der Waals surface area contributed by atoms with Gasteiger partial charge in [0.05, 0.1) is 5.41 Å². The Morgan fingerprint density at radius 1 is 1.43 bits per heavy atom. The molecule has 112 valence electrons. The van der Waals surface area contributed by atoms with E-state index in [0.29, 0.717) is 10.9 Å². The number of carbonyl (C=O) groups excluding carboxylic acids is 1. The average Bonchev–Trinajstić information content (AvgIpc) is 2.96. The maximum Gasteiger partial charge on any atom is 0.234 e. The molecular weight excluding hydrogens is 282 g/mol. The van der Waals surface area contributed by atoms with Gasteiger partial charge in [-0.3, -0.25) is 4.79 Å². The number of benzene rings is 1. The summed E-state index contributed by atoms with van der Waals surface area (Å²) < 4.78 is 0. The summed E-state index contributed by atoms with van der Waals surface area (Å²) in [6, 6.07) is 5.62. The lowest BCUT2D eigenvalue weighted by molar-refractivity contribution is -0.123. The fraction of sp³-hybridized carbons (Fsp3) is 0.500. The molecule has 0 radical (unpaired) electrons. The Morgan fingerprint density at radius 2 is 2.14 bits per heavy atom. The van der Waals surface area contributed by atoms with Gasteiger partial charge in [-0.1, -0.05) is 43.7 Å². The van der Waals surface area contributed by atoms with Crippen LogP contribution in [0.2, 0.25) is 5.02 Å². The second-order valence-corrected chi connectivity index (χ2v) is 7.50. The molecule has 0 unspecified atom stereocenters. The summed E-state index contributed by atoms with van der Waals surface area (Å²) in [5.41, 5.74) is 2.51. The molecule has 21 heavy (non-hydrogen) atoms. The molecule has 2 aliphatic rings. The SMILES string of the molecule is C=C1C(C)(C)[C@H]2CC[C@]1(C(=O)Nc1cccc(Cl)c1C)C2. The van der Waals surface area contributed by atoms with Crippen LogP contribution in [0.5, 0.6) is 0 Å². The standard InChI is InChI=1S/C18H22ClNO/c1-11-14(19)6-5-7-15(11)20-16(21)18-9-8-13(10-18)17(3,4)12(18)2/h5-7,13H,2,8-10H2,1,3-4H3,(H,20,21)/t13-,18-/m0/s1. The van der Waals surface area contributed by atoms with Crippen molar-refractivity contribution in [2.75, 3.05) is 5.32 Å². The van der Waals surface area contributed by atoms with Gasteiger partial charge in [-0.05, 0) is 55.2 Å². The molecule has 0 aliphatic heterocycles. The molecule has 2 aliphatic carbocycles. The molecule has 1 aromatic carbocycles. The average molecular weight is 304 g/mol. The summed E-state index contributed by atoms with van der Waals surface area (Å²) in [7, 11) is 0. The van der Waals surface area contributed by atoms with E-state index in [0.717, 1.165) is 36.1 Å². The van der Waals surface area contributed by atoms with Gasteiger partial charge in [0, 0.05) is 10.7 Å². The maximum absolute atomic E-state index is 12.9.